The summed E-state index contributed by atoms with van der Waals surface area (Å²) in [5.41, 5.74) is -0.284. The molecular weight excluding hydrogens is 430 g/mol. The van der Waals surface area contributed by atoms with Gasteiger partial charge in [0.15, 0.2) is 0 Å². The Morgan fingerprint density at radius 2 is 1.67 bits per heavy atom. The zero-order chi connectivity index (χ0) is 25.0. The van der Waals surface area contributed by atoms with Crippen molar-refractivity contribution in [3.05, 3.63) is 29.8 Å². The van der Waals surface area contributed by atoms with E-state index in [0.29, 0.717) is 12.0 Å². The SMILES string of the molecule is CCCCCN(C(=O)CNC(=O)OC(C)(C)C)C(C(=O)NCC(=O)OC)c1ccc(O)cc1. The second-order valence-corrected chi connectivity index (χ2v) is 8.44. The summed E-state index contributed by atoms with van der Waals surface area (Å²) in [5.74, 6) is -1.72. The van der Waals surface area contributed by atoms with Crippen LogP contribution in [-0.4, -0.2) is 66.2 Å². The van der Waals surface area contributed by atoms with Crippen LogP contribution >= 0.6 is 0 Å². The van der Waals surface area contributed by atoms with Gasteiger partial charge in [-0.2, -0.15) is 0 Å². The lowest BCUT2D eigenvalue weighted by Crippen LogP contribution is -2.48. The highest BCUT2D eigenvalue weighted by Crippen LogP contribution is 2.24. The van der Waals surface area contributed by atoms with Crippen molar-refractivity contribution in [2.45, 2.75) is 58.6 Å². The fourth-order valence-electron chi connectivity index (χ4n) is 2.95. The summed E-state index contributed by atoms with van der Waals surface area (Å²) in [6.45, 7) is 6.64. The normalized spacial score (nSPS) is 11.8. The van der Waals surface area contributed by atoms with Crippen molar-refractivity contribution in [2.24, 2.45) is 0 Å². The Morgan fingerprint density at radius 3 is 2.21 bits per heavy atom. The van der Waals surface area contributed by atoms with Crippen molar-refractivity contribution >= 4 is 23.9 Å². The van der Waals surface area contributed by atoms with Crippen molar-refractivity contribution in [1.82, 2.24) is 15.5 Å². The number of carbonyl (C=O) groups is 4. The van der Waals surface area contributed by atoms with Crippen LogP contribution in [-0.2, 0) is 23.9 Å². The van der Waals surface area contributed by atoms with Gasteiger partial charge in [0, 0.05) is 6.54 Å². The number of amides is 3. The number of nitrogens with zero attached hydrogens (tertiary/aromatic N) is 1. The molecule has 10 heteroatoms. The Balaban J connectivity index is 3.16. The van der Waals surface area contributed by atoms with Gasteiger partial charge in [-0.3, -0.25) is 14.4 Å². The van der Waals surface area contributed by atoms with Crippen molar-refractivity contribution in [2.75, 3.05) is 26.7 Å². The van der Waals surface area contributed by atoms with E-state index in [4.69, 9.17) is 4.74 Å². The number of methoxy groups -OCH3 is 1. The van der Waals surface area contributed by atoms with Gasteiger partial charge in [0.25, 0.3) is 0 Å². The maximum Gasteiger partial charge on any atom is 0.408 e. The average molecular weight is 466 g/mol. The van der Waals surface area contributed by atoms with Gasteiger partial charge in [-0.05, 0) is 44.9 Å². The van der Waals surface area contributed by atoms with Crippen molar-refractivity contribution in [3.8, 4) is 5.75 Å². The van der Waals surface area contributed by atoms with Gasteiger partial charge >= 0.3 is 12.1 Å². The first kappa shape index (κ1) is 27.7. The summed E-state index contributed by atoms with van der Waals surface area (Å²) in [4.78, 5) is 51.1. The summed E-state index contributed by atoms with van der Waals surface area (Å²) in [6.07, 6.45) is 1.61. The average Bonchev–Trinajstić information content (AvgIpc) is 2.75. The minimum atomic E-state index is -1.08. The number of alkyl carbamates (subject to hydrolysis) is 1. The Labute approximate surface area is 194 Å². The maximum absolute atomic E-state index is 13.1. The first-order valence-corrected chi connectivity index (χ1v) is 10.9. The fraction of sp³-hybridized carbons (Fsp3) is 0.565. The molecule has 0 aliphatic heterocycles. The van der Waals surface area contributed by atoms with E-state index in [1.54, 1.807) is 20.8 Å². The summed E-state index contributed by atoms with van der Waals surface area (Å²) >= 11 is 0. The van der Waals surface area contributed by atoms with Crippen LogP contribution in [0.2, 0.25) is 0 Å². The number of hydrogen-bond donors (Lipinski definition) is 3. The molecule has 0 bridgehead atoms. The number of esters is 1. The van der Waals surface area contributed by atoms with Gasteiger partial charge in [0.1, 0.15) is 30.5 Å². The first-order valence-electron chi connectivity index (χ1n) is 10.9. The number of unbranched alkanes of at least 4 members (excludes halogenated alkanes) is 2. The molecule has 0 aromatic heterocycles. The molecule has 10 nitrogen and oxygen atoms in total. The first-order chi connectivity index (χ1) is 15.5. The van der Waals surface area contributed by atoms with E-state index in [1.807, 2.05) is 6.92 Å². The number of carbonyl (C=O) groups excluding carboxylic acids is 4. The number of benzene rings is 1. The van der Waals surface area contributed by atoms with E-state index in [0.717, 1.165) is 12.8 Å². The predicted octanol–water partition coefficient (Wildman–Crippen LogP) is 2.27. The summed E-state index contributed by atoms with van der Waals surface area (Å²) in [7, 11) is 1.20. The Kier molecular flexibility index (Phi) is 11.2. The molecule has 1 atom stereocenters. The van der Waals surface area contributed by atoms with Crippen molar-refractivity contribution in [3.63, 3.8) is 0 Å². The lowest BCUT2D eigenvalue weighted by atomic mass is 10.0. The number of phenols is 1. The maximum atomic E-state index is 13.1. The highest BCUT2D eigenvalue weighted by molar-refractivity contribution is 5.91. The number of rotatable bonds is 11. The van der Waals surface area contributed by atoms with Gasteiger partial charge < -0.3 is 30.1 Å². The third-order valence-corrected chi connectivity index (χ3v) is 4.51. The third-order valence-electron chi connectivity index (χ3n) is 4.51. The zero-order valence-corrected chi connectivity index (χ0v) is 20.0. The van der Waals surface area contributed by atoms with E-state index in [1.165, 1.54) is 36.3 Å². The highest BCUT2D eigenvalue weighted by Gasteiger charge is 2.32. The molecule has 1 aromatic carbocycles. The van der Waals surface area contributed by atoms with Gasteiger partial charge in [-0.1, -0.05) is 31.9 Å². The summed E-state index contributed by atoms with van der Waals surface area (Å²) < 4.78 is 9.74. The molecule has 0 radical (unpaired) electrons. The third kappa shape index (κ3) is 10.2. The minimum absolute atomic E-state index is 0.00270. The molecule has 1 unspecified atom stereocenters. The summed E-state index contributed by atoms with van der Waals surface area (Å²) in [5, 5.41) is 14.6. The van der Waals surface area contributed by atoms with E-state index in [-0.39, 0.29) is 25.4 Å². The molecule has 0 saturated carbocycles. The van der Waals surface area contributed by atoms with Gasteiger partial charge in [0.05, 0.1) is 7.11 Å². The van der Waals surface area contributed by atoms with Crippen LogP contribution in [0.15, 0.2) is 24.3 Å². The molecule has 0 aliphatic carbocycles. The van der Waals surface area contributed by atoms with Crippen molar-refractivity contribution in [1.29, 1.82) is 0 Å². The molecule has 1 aromatic rings. The van der Waals surface area contributed by atoms with E-state index in [9.17, 15) is 24.3 Å². The Bertz CT molecular complexity index is 803. The molecule has 184 valence electrons. The van der Waals surface area contributed by atoms with E-state index in [2.05, 4.69) is 15.4 Å². The van der Waals surface area contributed by atoms with Crippen LogP contribution in [0, 0.1) is 0 Å². The van der Waals surface area contributed by atoms with Gasteiger partial charge in [0.2, 0.25) is 11.8 Å². The molecule has 1 rings (SSSR count). The predicted molar refractivity (Wildman–Crippen MR) is 121 cm³/mol. The lowest BCUT2D eigenvalue weighted by molar-refractivity contribution is -0.143. The Hall–Kier alpha value is -3.30. The molecule has 3 amide bonds. The number of nitrogens with one attached hydrogen (secondary N) is 2. The van der Waals surface area contributed by atoms with Gasteiger partial charge in [-0.25, -0.2) is 4.79 Å². The number of hydrogen-bond acceptors (Lipinski definition) is 7. The molecule has 0 aliphatic rings. The van der Waals surface area contributed by atoms with Crippen LogP contribution < -0.4 is 10.6 Å². The number of phenolic OH excluding ortho intramolecular Hbond substituents is 1. The Morgan fingerprint density at radius 1 is 1.03 bits per heavy atom. The molecular formula is C23H35N3O7. The van der Waals surface area contributed by atoms with Gasteiger partial charge in [-0.15, -0.1) is 0 Å². The smallest absolute Gasteiger partial charge is 0.408 e. The molecule has 0 fully saturated rings. The topological polar surface area (TPSA) is 134 Å². The largest absolute Gasteiger partial charge is 0.508 e. The molecule has 0 heterocycles. The van der Waals surface area contributed by atoms with E-state index < -0.39 is 35.5 Å². The van der Waals surface area contributed by atoms with Crippen LogP contribution in [0.4, 0.5) is 4.79 Å². The van der Waals surface area contributed by atoms with Crippen LogP contribution in [0.25, 0.3) is 0 Å². The molecule has 0 spiro atoms. The van der Waals surface area contributed by atoms with Crippen molar-refractivity contribution < 1.29 is 33.8 Å². The standard InChI is InChI=1S/C23H35N3O7/c1-6-7-8-13-26(18(28)14-25-22(31)33-23(2,3)4)20(16-9-11-17(27)12-10-16)21(30)24-15-19(29)32-5/h9-12,20,27H,6-8,13-15H2,1-5H3,(H,24,30)(H,25,31). The second kappa shape index (κ2) is 13.3. The quantitative estimate of drug-likeness (QED) is 0.337. The number of aromatic hydroxyl groups is 1. The molecule has 33 heavy (non-hydrogen) atoms. The summed E-state index contributed by atoms with van der Waals surface area (Å²) in [6, 6.07) is 4.78. The zero-order valence-electron chi connectivity index (χ0n) is 20.0. The monoisotopic (exact) mass is 465 g/mol. The van der Waals surface area contributed by atoms with Crippen LogP contribution in [0.1, 0.15) is 58.6 Å². The fourth-order valence-corrected chi connectivity index (χ4v) is 2.95. The highest BCUT2D eigenvalue weighted by atomic mass is 16.6. The van der Waals surface area contributed by atoms with E-state index >= 15 is 0 Å². The molecule has 3 N–H and O–H groups in total. The van der Waals surface area contributed by atoms with Crippen LogP contribution in [0.3, 0.4) is 0 Å². The molecule has 0 saturated heterocycles. The minimum Gasteiger partial charge on any atom is -0.508 e. The van der Waals surface area contributed by atoms with Crippen LogP contribution in [0.5, 0.6) is 5.75 Å². The lowest BCUT2D eigenvalue weighted by Gasteiger charge is -2.31. The number of ether oxygens (including phenoxy) is 2. The second-order valence-electron chi connectivity index (χ2n) is 8.44.